The molecule has 0 aliphatic rings. The van der Waals surface area contributed by atoms with Gasteiger partial charge >= 0.3 is 0 Å². The van der Waals surface area contributed by atoms with Crippen LogP contribution in [0.15, 0.2) is 48.7 Å². The second-order valence-electron chi connectivity index (χ2n) is 4.18. The molecule has 6 heteroatoms. The number of fused-ring (bicyclic) bond motifs is 1. The normalized spacial score (nSPS) is 10.7. The standard InChI is InChI=1S/C14H9ClFN3O/c15-11-7-9(4-5-12(11)16)17-14(20)13-8-10-3-1-2-6-19(10)18-13/h1-8H,(H,17,20). The fourth-order valence-electron chi connectivity index (χ4n) is 1.82. The maximum atomic E-state index is 13.0. The zero-order valence-corrected chi connectivity index (χ0v) is 10.9. The summed E-state index contributed by atoms with van der Waals surface area (Å²) >= 11 is 5.66. The fraction of sp³-hybridized carbons (Fsp3) is 0. The van der Waals surface area contributed by atoms with E-state index in [-0.39, 0.29) is 16.6 Å². The molecule has 20 heavy (non-hydrogen) atoms. The molecule has 0 atom stereocenters. The summed E-state index contributed by atoms with van der Waals surface area (Å²) in [5, 5.41) is 6.72. The summed E-state index contributed by atoms with van der Waals surface area (Å²) in [5.41, 5.74) is 1.50. The van der Waals surface area contributed by atoms with Crippen molar-refractivity contribution in [2.45, 2.75) is 0 Å². The van der Waals surface area contributed by atoms with Crippen molar-refractivity contribution < 1.29 is 9.18 Å². The van der Waals surface area contributed by atoms with Crippen LogP contribution in [0, 0.1) is 5.82 Å². The third-order valence-electron chi connectivity index (χ3n) is 2.78. The molecule has 0 saturated heterocycles. The molecular weight excluding hydrogens is 281 g/mol. The average Bonchev–Trinajstić information content (AvgIpc) is 2.87. The van der Waals surface area contributed by atoms with Gasteiger partial charge in [0.2, 0.25) is 0 Å². The Morgan fingerprint density at radius 1 is 1.25 bits per heavy atom. The molecule has 100 valence electrons. The highest BCUT2D eigenvalue weighted by Crippen LogP contribution is 2.20. The number of hydrogen-bond acceptors (Lipinski definition) is 2. The van der Waals surface area contributed by atoms with Crippen LogP contribution in [0.2, 0.25) is 5.02 Å². The van der Waals surface area contributed by atoms with Gasteiger partial charge in [0, 0.05) is 11.9 Å². The van der Waals surface area contributed by atoms with Gasteiger partial charge in [-0.3, -0.25) is 4.79 Å². The van der Waals surface area contributed by atoms with Gasteiger partial charge in [0.15, 0.2) is 5.69 Å². The average molecular weight is 290 g/mol. The molecule has 0 bridgehead atoms. The maximum absolute atomic E-state index is 13.0. The minimum atomic E-state index is -0.530. The van der Waals surface area contributed by atoms with Gasteiger partial charge in [-0.2, -0.15) is 5.10 Å². The van der Waals surface area contributed by atoms with Crippen LogP contribution < -0.4 is 5.32 Å². The molecule has 4 nitrogen and oxygen atoms in total. The quantitative estimate of drug-likeness (QED) is 0.786. The number of nitrogens with zero attached hydrogens (tertiary/aromatic N) is 2. The number of rotatable bonds is 2. The van der Waals surface area contributed by atoms with Gasteiger partial charge in [-0.1, -0.05) is 17.7 Å². The summed E-state index contributed by atoms with van der Waals surface area (Å²) in [6.45, 7) is 0. The molecule has 1 amide bonds. The van der Waals surface area contributed by atoms with Crippen LogP contribution in [-0.4, -0.2) is 15.5 Å². The molecule has 1 N–H and O–H groups in total. The minimum absolute atomic E-state index is 0.0437. The topological polar surface area (TPSA) is 46.4 Å². The highest BCUT2D eigenvalue weighted by atomic mass is 35.5. The number of carbonyl (C=O) groups is 1. The molecule has 0 aliphatic heterocycles. The molecule has 2 aromatic heterocycles. The van der Waals surface area contributed by atoms with Crippen molar-refractivity contribution in [3.8, 4) is 0 Å². The van der Waals surface area contributed by atoms with Gasteiger partial charge in [0.05, 0.1) is 10.5 Å². The number of carbonyl (C=O) groups excluding carboxylic acids is 1. The zero-order valence-electron chi connectivity index (χ0n) is 10.2. The third-order valence-corrected chi connectivity index (χ3v) is 3.07. The van der Waals surface area contributed by atoms with Gasteiger partial charge in [-0.05, 0) is 36.4 Å². The lowest BCUT2D eigenvalue weighted by atomic mass is 10.3. The molecule has 0 unspecified atom stereocenters. The minimum Gasteiger partial charge on any atom is -0.321 e. The number of amides is 1. The molecule has 3 rings (SSSR count). The van der Waals surface area contributed by atoms with E-state index in [1.54, 1.807) is 16.8 Å². The van der Waals surface area contributed by atoms with Crippen LogP contribution in [0.1, 0.15) is 10.5 Å². The molecule has 0 saturated carbocycles. The Morgan fingerprint density at radius 3 is 2.85 bits per heavy atom. The lowest BCUT2D eigenvalue weighted by Crippen LogP contribution is -2.12. The van der Waals surface area contributed by atoms with Crippen molar-refractivity contribution in [2.75, 3.05) is 5.32 Å². The van der Waals surface area contributed by atoms with E-state index in [9.17, 15) is 9.18 Å². The number of hydrogen-bond donors (Lipinski definition) is 1. The van der Waals surface area contributed by atoms with E-state index in [1.807, 2.05) is 18.2 Å². The molecule has 0 aliphatic carbocycles. The van der Waals surface area contributed by atoms with Crippen molar-refractivity contribution >= 4 is 28.7 Å². The number of nitrogens with one attached hydrogen (secondary N) is 1. The Balaban J connectivity index is 1.86. The van der Waals surface area contributed by atoms with Gasteiger partial charge < -0.3 is 5.32 Å². The summed E-state index contributed by atoms with van der Waals surface area (Å²) < 4.78 is 14.6. The number of pyridine rings is 1. The molecule has 0 fully saturated rings. The SMILES string of the molecule is O=C(Nc1ccc(F)c(Cl)c1)c1cc2ccccn2n1. The van der Waals surface area contributed by atoms with Crippen LogP contribution in [0.25, 0.3) is 5.52 Å². The largest absolute Gasteiger partial charge is 0.321 e. The lowest BCUT2D eigenvalue weighted by Gasteiger charge is -2.03. The van der Waals surface area contributed by atoms with E-state index >= 15 is 0 Å². The van der Waals surface area contributed by atoms with Crippen molar-refractivity contribution in [1.82, 2.24) is 9.61 Å². The Labute approximate surface area is 118 Å². The predicted molar refractivity (Wildman–Crippen MR) is 74.6 cm³/mol. The number of halogens is 2. The summed E-state index contributed by atoms with van der Waals surface area (Å²) in [5.74, 6) is -0.909. The van der Waals surface area contributed by atoms with E-state index in [4.69, 9.17) is 11.6 Å². The van der Waals surface area contributed by atoms with E-state index < -0.39 is 5.82 Å². The van der Waals surface area contributed by atoms with Crippen LogP contribution in [-0.2, 0) is 0 Å². The first-order valence-corrected chi connectivity index (χ1v) is 6.22. The van der Waals surface area contributed by atoms with Gasteiger partial charge in [-0.15, -0.1) is 0 Å². The van der Waals surface area contributed by atoms with Crippen molar-refractivity contribution in [1.29, 1.82) is 0 Å². The summed E-state index contributed by atoms with van der Waals surface area (Å²) in [4.78, 5) is 12.1. The second kappa shape index (κ2) is 4.94. The fourth-order valence-corrected chi connectivity index (χ4v) is 2.00. The molecule has 3 aromatic rings. The van der Waals surface area contributed by atoms with Crippen LogP contribution in [0.3, 0.4) is 0 Å². The maximum Gasteiger partial charge on any atom is 0.276 e. The monoisotopic (exact) mass is 289 g/mol. The Morgan fingerprint density at radius 2 is 2.10 bits per heavy atom. The second-order valence-corrected chi connectivity index (χ2v) is 4.59. The van der Waals surface area contributed by atoms with Crippen LogP contribution >= 0.6 is 11.6 Å². The van der Waals surface area contributed by atoms with Crippen LogP contribution in [0.5, 0.6) is 0 Å². The van der Waals surface area contributed by atoms with E-state index in [2.05, 4.69) is 10.4 Å². The van der Waals surface area contributed by atoms with Gasteiger partial charge in [0.1, 0.15) is 5.82 Å². The molecule has 0 spiro atoms. The van der Waals surface area contributed by atoms with Crippen molar-refractivity contribution in [2.24, 2.45) is 0 Å². The Hall–Kier alpha value is -2.40. The van der Waals surface area contributed by atoms with Crippen molar-refractivity contribution in [3.63, 3.8) is 0 Å². The first-order valence-electron chi connectivity index (χ1n) is 5.84. The first-order chi connectivity index (χ1) is 9.63. The Bertz CT molecular complexity index is 767. The summed E-state index contributed by atoms with van der Waals surface area (Å²) in [7, 11) is 0. The van der Waals surface area contributed by atoms with Gasteiger partial charge in [-0.25, -0.2) is 8.91 Å². The first kappa shape index (κ1) is 12.6. The molecule has 0 radical (unpaired) electrons. The number of benzene rings is 1. The summed E-state index contributed by atoms with van der Waals surface area (Å²) in [6, 6.07) is 11.2. The highest BCUT2D eigenvalue weighted by molar-refractivity contribution is 6.31. The predicted octanol–water partition coefficient (Wildman–Crippen LogP) is 3.38. The molecule has 1 aromatic carbocycles. The van der Waals surface area contributed by atoms with E-state index in [0.29, 0.717) is 5.69 Å². The van der Waals surface area contributed by atoms with Crippen molar-refractivity contribution in [3.05, 3.63) is 65.2 Å². The van der Waals surface area contributed by atoms with E-state index in [1.165, 1.54) is 18.2 Å². The third kappa shape index (κ3) is 2.35. The number of anilines is 1. The highest BCUT2D eigenvalue weighted by Gasteiger charge is 2.11. The molecule has 2 heterocycles. The zero-order chi connectivity index (χ0) is 14.1. The Kier molecular flexibility index (Phi) is 3.12. The van der Waals surface area contributed by atoms with Crippen LogP contribution in [0.4, 0.5) is 10.1 Å². The van der Waals surface area contributed by atoms with E-state index in [0.717, 1.165) is 5.52 Å². The lowest BCUT2D eigenvalue weighted by molar-refractivity contribution is 0.102. The smallest absolute Gasteiger partial charge is 0.276 e. The number of aromatic nitrogens is 2. The summed E-state index contributed by atoms with van der Waals surface area (Å²) in [6.07, 6.45) is 1.75. The molecular formula is C14H9ClFN3O. The van der Waals surface area contributed by atoms with Gasteiger partial charge in [0.25, 0.3) is 5.91 Å².